The summed E-state index contributed by atoms with van der Waals surface area (Å²) < 4.78 is 46.9. The summed E-state index contributed by atoms with van der Waals surface area (Å²) in [7, 11) is -4.29. The predicted molar refractivity (Wildman–Crippen MR) is 85.8 cm³/mol. The number of halogens is 1. The number of hydrogen-bond acceptors (Lipinski definition) is 7. The molecule has 1 aromatic carbocycles. The van der Waals surface area contributed by atoms with Crippen molar-refractivity contribution in [3.63, 3.8) is 0 Å². The molecular weight excluding hydrogens is 402 g/mol. The third-order valence-corrected chi connectivity index (χ3v) is 4.93. The Morgan fingerprint density at radius 3 is 2.75 bits per heavy atom. The van der Waals surface area contributed by atoms with Crippen LogP contribution >= 0.6 is 15.9 Å². The molecule has 2 heterocycles. The van der Waals surface area contributed by atoms with Gasteiger partial charge in [0.1, 0.15) is 19.2 Å². The van der Waals surface area contributed by atoms with Crippen molar-refractivity contribution < 1.29 is 22.4 Å². The summed E-state index contributed by atoms with van der Waals surface area (Å²) in [5, 5.41) is 4.07. The maximum Gasteiger partial charge on any atom is 0.215 e. The summed E-state index contributed by atoms with van der Waals surface area (Å²) in [4.78, 5) is 3.90. The van der Waals surface area contributed by atoms with E-state index in [9.17, 15) is 13.0 Å². The van der Waals surface area contributed by atoms with Crippen LogP contribution in [0.3, 0.4) is 0 Å². The average Bonchev–Trinajstić information content (AvgIpc) is 3.16. The van der Waals surface area contributed by atoms with Crippen LogP contribution < -0.4 is 0 Å². The molecule has 24 heavy (non-hydrogen) atoms. The topological polar surface area (TPSA) is 106 Å². The fourth-order valence-electron chi connectivity index (χ4n) is 2.54. The minimum absolute atomic E-state index is 0.0848. The molecular formula is C14H15BrN3O5S-. The highest BCUT2D eigenvalue weighted by atomic mass is 79.9. The Morgan fingerprint density at radius 2 is 2.12 bits per heavy atom. The van der Waals surface area contributed by atoms with Gasteiger partial charge in [-0.05, 0) is 18.6 Å². The first-order valence-electron chi connectivity index (χ1n) is 7.20. The molecule has 2 atom stereocenters. The van der Waals surface area contributed by atoms with Gasteiger partial charge in [-0.1, -0.05) is 28.1 Å². The van der Waals surface area contributed by atoms with Gasteiger partial charge in [0.05, 0.1) is 22.8 Å². The molecule has 130 valence electrons. The second-order valence-electron chi connectivity index (χ2n) is 5.45. The standard InChI is InChI=1S/C14H16BrN3O5S/c15-12-3-1-11(2-4-12)14(8-18-10-16-9-17-18)22-7-13(23-14)5-6-24(19,20)21/h1-4,9-10,13H,5-8H2,(H,19,20,21)/p-1. The van der Waals surface area contributed by atoms with Crippen LogP contribution in [0.2, 0.25) is 0 Å². The van der Waals surface area contributed by atoms with Gasteiger partial charge in [-0.3, -0.25) is 0 Å². The summed E-state index contributed by atoms with van der Waals surface area (Å²) >= 11 is 3.38. The van der Waals surface area contributed by atoms with E-state index < -0.39 is 27.8 Å². The van der Waals surface area contributed by atoms with Crippen LogP contribution in [0, 0.1) is 0 Å². The van der Waals surface area contributed by atoms with Crippen LogP contribution in [0.15, 0.2) is 41.4 Å². The maximum absolute atomic E-state index is 10.8. The van der Waals surface area contributed by atoms with Crippen molar-refractivity contribution in [2.75, 3.05) is 12.4 Å². The lowest BCUT2D eigenvalue weighted by molar-refractivity contribution is -0.188. The normalized spacial score (nSPS) is 24.3. The Morgan fingerprint density at radius 1 is 1.38 bits per heavy atom. The number of nitrogens with zero attached hydrogens (tertiary/aromatic N) is 3. The van der Waals surface area contributed by atoms with Gasteiger partial charge in [0.2, 0.25) is 5.79 Å². The van der Waals surface area contributed by atoms with Gasteiger partial charge in [0, 0.05) is 15.8 Å². The zero-order valence-corrected chi connectivity index (χ0v) is 14.9. The monoisotopic (exact) mass is 416 g/mol. The number of hydrogen-bond donors (Lipinski definition) is 0. The third-order valence-electron chi connectivity index (χ3n) is 3.67. The average molecular weight is 417 g/mol. The summed E-state index contributed by atoms with van der Waals surface area (Å²) in [5.74, 6) is -1.59. The largest absolute Gasteiger partial charge is 0.748 e. The lowest BCUT2D eigenvalue weighted by Gasteiger charge is -2.28. The molecule has 0 spiro atoms. The molecule has 0 amide bonds. The van der Waals surface area contributed by atoms with Crippen molar-refractivity contribution in [3.05, 3.63) is 47.0 Å². The van der Waals surface area contributed by atoms with Crippen molar-refractivity contribution in [2.24, 2.45) is 0 Å². The highest BCUT2D eigenvalue weighted by Crippen LogP contribution is 2.37. The molecule has 0 aliphatic carbocycles. The lowest BCUT2D eigenvalue weighted by atomic mass is 10.1. The van der Waals surface area contributed by atoms with Crippen LogP contribution in [-0.2, 0) is 31.9 Å². The van der Waals surface area contributed by atoms with E-state index in [0.29, 0.717) is 0 Å². The molecule has 1 aliphatic rings. The molecule has 0 N–H and O–H groups in total. The van der Waals surface area contributed by atoms with Gasteiger partial charge < -0.3 is 14.0 Å². The Hall–Kier alpha value is -1.33. The highest BCUT2D eigenvalue weighted by Gasteiger charge is 2.44. The van der Waals surface area contributed by atoms with Crippen molar-refractivity contribution in [1.82, 2.24) is 14.8 Å². The molecule has 1 saturated heterocycles. The highest BCUT2D eigenvalue weighted by molar-refractivity contribution is 9.10. The molecule has 0 radical (unpaired) electrons. The van der Waals surface area contributed by atoms with Crippen LogP contribution in [0.25, 0.3) is 0 Å². The summed E-state index contributed by atoms with van der Waals surface area (Å²) in [5.41, 5.74) is 0.772. The van der Waals surface area contributed by atoms with E-state index in [2.05, 4.69) is 26.0 Å². The Balaban J connectivity index is 1.82. The molecule has 1 fully saturated rings. The van der Waals surface area contributed by atoms with E-state index in [0.717, 1.165) is 10.0 Å². The fraction of sp³-hybridized carbons (Fsp3) is 0.429. The summed E-state index contributed by atoms with van der Waals surface area (Å²) in [6.07, 6.45) is 2.55. The van der Waals surface area contributed by atoms with Gasteiger partial charge in [0.15, 0.2) is 0 Å². The lowest BCUT2D eigenvalue weighted by Crippen LogP contribution is -2.34. The van der Waals surface area contributed by atoms with E-state index in [-0.39, 0.29) is 19.6 Å². The van der Waals surface area contributed by atoms with Crippen LogP contribution in [0.1, 0.15) is 12.0 Å². The molecule has 1 aromatic heterocycles. The van der Waals surface area contributed by atoms with Gasteiger partial charge in [-0.2, -0.15) is 5.10 Å². The zero-order valence-electron chi connectivity index (χ0n) is 12.5. The first-order chi connectivity index (χ1) is 11.4. The number of ether oxygens (including phenoxy) is 2. The second kappa shape index (κ2) is 6.89. The van der Waals surface area contributed by atoms with Gasteiger partial charge in [0.25, 0.3) is 0 Å². The molecule has 8 nitrogen and oxygen atoms in total. The van der Waals surface area contributed by atoms with Crippen molar-refractivity contribution in [2.45, 2.75) is 24.9 Å². The second-order valence-corrected chi connectivity index (χ2v) is 7.89. The maximum atomic E-state index is 10.8. The molecule has 3 rings (SSSR count). The molecule has 10 heteroatoms. The molecule has 2 aromatic rings. The number of aromatic nitrogens is 3. The minimum atomic E-state index is -4.29. The fourth-order valence-corrected chi connectivity index (χ4v) is 3.36. The molecule has 0 saturated carbocycles. The Bertz CT molecular complexity index is 781. The van der Waals surface area contributed by atoms with Crippen molar-refractivity contribution in [1.29, 1.82) is 0 Å². The van der Waals surface area contributed by atoms with E-state index in [1.165, 1.54) is 6.33 Å². The molecule has 0 bridgehead atoms. The van der Waals surface area contributed by atoms with Crippen LogP contribution in [-0.4, -0.2) is 46.2 Å². The zero-order chi connectivity index (χ0) is 17.2. The summed E-state index contributed by atoms with van der Waals surface area (Å²) in [6.45, 7) is 0.454. The van der Waals surface area contributed by atoms with E-state index >= 15 is 0 Å². The van der Waals surface area contributed by atoms with E-state index in [1.807, 2.05) is 24.3 Å². The quantitative estimate of drug-likeness (QED) is 0.651. The van der Waals surface area contributed by atoms with Crippen LogP contribution in [0.5, 0.6) is 0 Å². The van der Waals surface area contributed by atoms with E-state index in [4.69, 9.17) is 9.47 Å². The van der Waals surface area contributed by atoms with E-state index in [1.54, 1.807) is 11.0 Å². The molecule has 2 unspecified atom stereocenters. The first-order valence-corrected chi connectivity index (χ1v) is 9.57. The van der Waals surface area contributed by atoms with Crippen molar-refractivity contribution in [3.8, 4) is 0 Å². The first kappa shape index (κ1) is 17.5. The van der Waals surface area contributed by atoms with Gasteiger partial charge in [-0.15, -0.1) is 0 Å². The van der Waals surface area contributed by atoms with Crippen molar-refractivity contribution >= 4 is 26.0 Å². The molecule has 1 aliphatic heterocycles. The predicted octanol–water partition coefficient (Wildman–Crippen LogP) is 1.24. The Labute approximate surface area is 147 Å². The minimum Gasteiger partial charge on any atom is -0.748 e. The summed E-state index contributed by atoms with van der Waals surface area (Å²) in [6, 6.07) is 7.43. The SMILES string of the molecule is O=S(=O)([O-])CCC1COC(Cn2cncn2)(c2ccc(Br)cc2)O1. The number of rotatable bonds is 6. The van der Waals surface area contributed by atoms with Gasteiger partial charge in [-0.25, -0.2) is 18.1 Å². The van der Waals surface area contributed by atoms with Gasteiger partial charge >= 0.3 is 0 Å². The Kier molecular flexibility index (Phi) is 5.02. The third kappa shape index (κ3) is 4.19. The smallest absolute Gasteiger partial charge is 0.215 e. The number of benzene rings is 1. The van der Waals surface area contributed by atoms with Crippen LogP contribution in [0.4, 0.5) is 0 Å².